The maximum absolute atomic E-state index is 10.7. The van der Waals surface area contributed by atoms with Crippen molar-refractivity contribution in [3.63, 3.8) is 0 Å². The zero-order valence-corrected chi connectivity index (χ0v) is 42.0. The van der Waals surface area contributed by atoms with E-state index < -0.39 is 5.60 Å². The summed E-state index contributed by atoms with van der Waals surface area (Å²) in [4.78, 5) is 5.08. The fraction of sp³-hybridized carbons (Fsp3) is 0.383. The second-order valence-electron chi connectivity index (χ2n) is 20.9. The van der Waals surface area contributed by atoms with Crippen molar-refractivity contribution in [3.05, 3.63) is 148 Å². The molecule has 1 atom stereocenters. The van der Waals surface area contributed by atoms with Gasteiger partial charge in [-0.2, -0.15) is 0 Å². The highest BCUT2D eigenvalue weighted by Gasteiger charge is 2.46. The molecule has 1 unspecified atom stereocenters. The maximum atomic E-state index is 10.7. The summed E-state index contributed by atoms with van der Waals surface area (Å²) in [5, 5.41) is 12.8. The van der Waals surface area contributed by atoms with E-state index >= 15 is 0 Å². The molecule has 0 amide bonds. The van der Waals surface area contributed by atoms with Crippen LogP contribution in [0.25, 0.3) is 33.4 Å². The lowest BCUT2D eigenvalue weighted by Gasteiger charge is -2.53. The lowest BCUT2D eigenvalue weighted by Crippen LogP contribution is -2.53. The normalized spacial score (nSPS) is 18.2. The zero-order valence-electron chi connectivity index (χ0n) is 42.0. The van der Waals surface area contributed by atoms with Gasteiger partial charge in [-0.25, -0.2) is 4.58 Å². The van der Waals surface area contributed by atoms with Crippen LogP contribution in [0.4, 0.5) is 11.4 Å². The molecule has 11 rings (SSSR count). The number of methoxy groups -OCH3 is 2. The van der Waals surface area contributed by atoms with Crippen LogP contribution in [0, 0.1) is 6.92 Å². The molecule has 5 aliphatic heterocycles. The fourth-order valence-corrected chi connectivity index (χ4v) is 12.3. The lowest BCUT2D eigenvalue weighted by molar-refractivity contribution is 0.0123. The number of aliphatic hydroxyl groups is 1. The van der Waals surface area contributed by atoms with Crippen molar-refractivity contribution in [1.29, 1.82) is 0 Å². The molecule has 0 spiro atoms. The van der Waals surface area contributed by atoms with Crippen molar-refractivity contribution in [2.24, 2.45) is 0 Å². The molecule has 70 heavy (non-hydrogen) atoms. The van der Waals surface area contributed by atoms with Crippen LogP contribution in [0.5, 0.6) is 23.0 Å². The summed E-state index contributed by atoms with van der Waals surface area (Å²) in [5.41, 5.74) is 12.1. The van der Waals surface area contributed by atoms with E-state index in [9.17, 15) is 5.11 Å². The van der Waals surface area contributed by atoms with Gasteiger partial charge in [0.2, 0.25) is 5.36 Å². The van der Waals surface area contributed by atoms with Gasteiger partial charge < -0.3 is 43.0 Å². The van der Waals surface area contributed by atoms with Crippen LogP contribution in [0.1, 0.15) is 86.8 Å². The Kier molecular flexibility index (Phi) is 11.6. The Morgan fingerprint density at radius 2 is 1.43 bits per heavy atom. The van der Waals surface area contributed by atoms with Crippen molar-refractivity contribution >= 4 is 22.3 Å². The first-order valence-corrected chi connectivity index (χ1v) is 25.1. The molecule has 362 valence electrons. The molecule has 0 bridgehead atoms. The van der Waals surface area contributed by atoms with Gasteiger partial charge >= 0.3 is 0 Å². The van der Waals surface area contributed by atoms with Crippen LogP contribution in [0.2, 0.25) is 0 Å². The molecule has 0 radical (unpaired) electrons. The highest BCUT2D eigenvalue weighted by atomic mass is 16.5. The number of benzene rings is 6. The summed E-state index contributed by atoms with van der Waals surface area (Å²) in [6, 6.07) is 37.9. The predicted octanol–water partition coefficient (Wildman–Crippen LogP) is 10.7. The van der Waals surface area contributed by atoms with Gasteiger partial charge in [0.1, 0.15) is 72.1 Å². The van der Waals surface area contributed by atoms with Gasteiger partial charge in [0.25, 0.3) is 0 Å². The molecule has 5 aromatic rings. The van der Waals surface area contributed by atoms with Crippen LogP contribution < -0.4 is 38.7 Å². The molecule has 1 aliphatic carbocycles. The van der Waals surface area contributed by atoms with Crippen LogP contribution in [-0.4, -0.2) is 84.0 Å². The Labute approximate surface area is 412 Å². The lowest BCUT2D eigenvalue weighted by atomic mass is 9.69. The number of hydrogen-bond donors (Lipinski definition) is 1. The molecule has 1 N–H and O–H groups in total. The van der Waals surface area contributed by atoms with E-state index in [1.165, 1.54) is 16.8 Å². The minimum Gasteiger partial charge on any atom is -0.497 e. The third-order valence-electron chi connectivity index (χ3n) is 15.8. The van der Waals surface area contributed by atoms with Gasteiger partial charge in [0.05, 0.1) is 33.4 Å². The maximum Gasteiger partial charge on any atom is 0.203 e. The molecular formula is C60H66N3O7+. The minimum atomic E-state index is -0.985. The Morgan fingerprint density at radius 3 is 2.10 bits per heavy atom. The monoisotopic (exact) mass is 940 g/mol. The Balaban J connectivity index is 1.11. The summed E-state index contributed by atoms with van der Waals surface area (Å²) in [7, 11) is 3.36. The second kappa shape index (κ2) is 17.7. The Morgan fingerprint density at radius 1 is 0.757 bits per heavy atom. The van der Waals surface area contributed by atoms with Crippen LogP contribution in [0.3, 0.4) is 0 Å². The molecule has 6 aliphatic rings. The SMILES string of the molecule is COc1ccc(C(OCC[N+](CCO)=c2ccc3c(-c4cc5c6c(c4C)OCCN6CCO5)c4cc5c6c(c4oc-3c2)C(C)(C)CCN6C(C)(C)CC5C)(c2ccccc2)c2ccc(OC)cc2)cc1. The molecule has 10 heteroatoms. The molecule has 5 aromatic carbocycles. The average molecular weight is 941 g/mol. The summed E-state index contributed by atoms with van der Waals surface area (Å²) in [5.74, 6) is 4.44. The highest BCUT2D eigenvalue weighted by Crippen LogP contribution is 2.58. The Hall–Kier alpha value is -6.49. The quantitative estimate of drug-likeness (QED) is 0.0731. The summed E-state index contributed by atoms with van der Waals surface area (Å²) in [6.45, 7) is 19.3. The molecule has 0 saturated carbocycles. The zero-order chi connectivity index (χ0) is 48.5. The van der Waals surface area contributed by atoms with Crippen molar-refractivity contribution in [1.82, 2.24) is 4.58 Å². The summed E-state index contributed by atoms with van der Waals surface area (Å²) in [6.07, 6.45) is 2.09. The van der Waals surface area contributed by atoms with E-state index in [2.05, 4.69) is 135 Å². The highest BCUT2D eigenvalue weighted by molar-refractivity contribution is 6.07. The van der Waals surface area contributed by atoms with Crippen molar-refractivity contribution in [2.45, 2.75) is 76.9 Å². The molecule has 10 nitrogen and oxygen atoms in total. The van der Waals surface area contributed by atoms with Crippen LogP contribution >= 0.6 is 0 Å². The van der Waals surface area contributed by atoms with Crippen molar-refractivity contribution < 1.29 is 33.2 Å². The third-order valence-corrected chi connectivity index (χ3v) is 15.8. The smallest absolute Gasteiger partial charge is 0.203 e. The van der Waals surface area contributed by atoms with Gasteiger partial charge in [-0.3, -0.25) is 0 Å². The number of fused-ring (bicyclic) bond motifs is 3. The van der Waals surface area contributed by atoms with E-state index in [0.29, 0.717) is 38.8 Å². The third kappa shape index (κ3) is 7.48. The average Bonchev–Trinajstić information content (AvgIpc) is 3.37. The van der Waals surface area contributed by atoms with E-state index in [0.717, 1.165) is 122 Å². The molecular weight excluding hydrogens is 875 g/mol. The van der Waals surface area contributed by atoms with Gasteiger partial charge in [0, 0.05) is 51.5 Å². The first-order chi connectivity index (χ1) is 33.9. The van der Waals surface area contributed by atoms with Gasteiger partial charge in [-0.15, -0.1) is 0 Å². The second-order valence-corrected chi connectivity index (χ2v) is 20.9. The largest absolute Gasteiger partial charge is 0.497 e. The van der Waals surface area contributed by atoms with Gasteiger partial charge in [-0.1, -0.05) is 75.4 Å². The van der Waals surface area contributed by atoms with E-state index in [1.807, 2.05) is 30.3 Å². The number of ether oxygens (including phenoxy) is 5. The summed E-state index contributed by atoms with van der Waals surface area (Å²) < 4.78 is 41.2. The van der Waals surface area contributed by atoms with E-state index in [-0.39, 0.29) is 17.6 Å². The minimum absolute atomic E-state index is 0.00219. The standard InChI is InChI=1S/C60H66N3O7/c1-38-37-59(5,6)63-25-24-58(3,4)53-54(63)47(38)35-49-52(48-36-51-55-56(39(48)2)68-32-28-62(55)27-31-67-51)46-23-18-43(34-50(46)70-57(49)53)61(26-30-64)29-33-69-60(40-12-10-9-11-13-40,41-14-19-44(65-7)20-15-41)42-16-21-45(66-8)22-17-42/h9-23,34-36,38,64H,24-33,37H2,1-8H3/q+1. The topological polar surface area (TPSA) is 89.0 Å². The number of anilines is 2. The first-order valence-electron chi connectivity index (χ1n) is 25.1. The van der Waals surface area contributed by atoms with Gasteiger partial charge in [0.15, 0.2) is 13.1 Å². The Bertz CT molecular complexity index is 3090. The molecule has 0 aromatic heterocycles. The first kappa shape index (κ1) is 45.9. The molecule has 0 saturated heterocycles. The van der Waals surface area contributed by atoms with E-state index in [1.54, 1.807) is 14.2 Å². The molecule has 5 heterocycles. The van der Waals surface area contributed by atoms with E-state index in [4.69, 9.17) is 28.1 Å². The number of aliphatic hydroxyl groups excluding tert-OH is 1. The van der Waals surface area contributed by atoms with Crippen molar-refractivity contribution in [2.75, 3.05) is 83.2 Å². The number of hydrogen-bond acceptors (Lipinski definition) is 9. The van der Waals surface area contributed by atoms with Gasteiger partial charge in [-0.05, 0) is 115 Å². The number of nitrogens with zero attached hydrogens (tertiary/aromatic N) is 3. The molecule has 0 fully saturated rings. The van der Waals surface area contributed by atoms with Crippen LogP contribution in [-0.2, 0) is 15.8 Å². The summed E-state index contributed by atoms with van der Waals surface area (Å²) >= 11 is 0. The van der Waals surface area contributed by atoms with Crippen molar-refractivity contribution in [3.8, 4) is 45.4 Å². The van der Waals surface area contributed by atoms with Crippen LogP contribution in [0.15, 0.2) is 114 Å². The predicted molar refractivity (Wildman–Crippen MR) is 279 cm³/mol. The fourth-order valence-electron chi connectivity index (χ4n) is 12.3. The number of rotatable bonds is 12.